The number of carbonyl (C=O) groups excluding carboxylic acids is 1. The normalized spacial score (nSPS) is 20.1. The van der Waals surface area contributed by atoms with E-state index < -0.39 is 23.2 Å². The molecule has 80 valence electrons. The molecule has 0 atom stereocenters. The van der Waals surface area contributed by atoms with E-state index in [4.69, 9.17) is 5.11 Å². The van der Waals surface area contributed by atoms with Gasteiger partial charge in [-0.25, -0.2) is 0 Å². The van der Waals surface area contributed by atoms with Crippen molar-refractivity contribution in [3.63, 3.8) is 0 Å². The first kappa shape index (κ1) is 10.9. The zero-order chi connectivity index (χ0) is 11.1. The second-order valence-electron chi connectivity index (χ2n) is 3.92. The van der Waals surface area contributed by atoms with Gasteiger partial charge in [0.2, 0.25) is 0 Å². The molecular formula is C8H11F2NO3. The number of nitrogens with zero attached hydrogens (tertiary/aromatic N) is 1. The summed E-state index contributed by atoms with van der Waals surface area (Å²) in [7, 11) is 0. The van der Waals surface area contributed by atoms with Crippen LogP contribution in [-0.2, 0) is 9.59 Å². The Balaban J connectivity index is 2.58. The van der Waals surface area contributed by atoms with Crippen LogP contribution < -0.4 is 0 Å². The number of carbonyl (C=O) groups is 2. The minimum absolute atomic E-state index is 0.148. The van der Waals surface area contributed by atoms with Crippen molar-refractivity contribution in [2.75, 3.05) is 13.1 Å². The Kier molecular flexibility index (Phi) is 2.25. The molecule has 0 aromatic rings. The molecule has 1 heterocycles. The van der Waals surface area contributed by atoms with Gasteiger partial charge in [0.1, 0.15) is 5.41 Å². The maximum absolute atomic E-state index is 12.5. The highest BCUT2D eigenvalue weighted by molar-refractivity contribution is 5.87. The van der Waals surface area contributed by atoms with Crippen molar-refractivity contribution < 1.29 is 23.5 Å². The molecule has 4 nitrogen and oxygen atoms in total. The van der Waals surface area contributed by atoms with Crippen molar-refractivity contribution in [2.24, 2.45) is 5.41 Å². The first-order valence-electron chi connectivity index (χ1n) is 4.07. The lowest BCUT2D eigenvalue weighted by Crippen LogP contribution is -2.63. The van der Waals surface area contributed by atoms with Crippen LogP contribution >= 0.6 is 0 Å². The average Bonchev–Trinajstić information content (AvgIpc) is 1.95. The van der Waals surface area contributed by atoms with E-state index in [9.17, 15) is 18.4 Å². The quantitative estimate of drug-likeness (QED) is 0.720. The monoisotopic (exact) mass is 207 g/mol. The Hall–Kier alpha value is -1.20. The standard InChI is InChI=1S/C8H11F2NO3/c1-7(6(13)14)3-11(4-7)5(12)8(2,9)10/h3-4H2,1-2H3,(H,13,14). The molecule has 1 amide bonds. The van der Waals surface area contributed by atoms with Gasteiger partial charge in [0, 0.05) is 20.0 Å². The Bertz CT molecular complexity index is 279. The molecule has 1 aliphatic heterocycles. The molecule has 0 unspecified atom stereocenters. The fraction of sp³-hybridized carbons (Fsp3) is 0.750. The van der Waals surface area contributed by atoms with Crippen LogP contribution in [0.4, 0.5) is 8.78 Å². The summed E-state index contributed by atoms with van der Waals surface area (Å²) < 4.78 is 25.0. The fourth-order valence-corrected chi connectivity index (χ4v) is 1.35. The largest absolute Gasteiger partial charge is 0.481 e. The molecule has 0 aliphatic carbocycles. The van der Waals surface area contributed by atoms with Crippen LogP contribution in [0.25, 0.3) is 0 Å². The van der Waals surface area contributed by atoms with Gasteiger partial charge in [-0.1, -0.05) is 0 Å². The second kappa shape index (κ2) is 2.90. The maximum atomic E-state index is 12.5. The molecule has 0 saturated carbocycles. The predicted molar refractivity (Wildman–Crippen MR) is 42.9 cm³/mol. The molecule has 6 heteroatoms. The molecule has 0 aromatic carbocycles. The van der Waals surface area contributed by atoms with Gasteiger partial charge in [0.25, 0.3) is 5.91 Å². The lowest BCUT2D eigenvalue weighted by molar-refractivity contribution is -0.175. The van der Waals surface area contributed by atoms with Crippen LogP contribution in [0.1, 0.15) is 13.8 Å². The Morgan fingerprint density at radius 3 is 2.14 bits per heavy atom. The van der Waals surface area contributed by atoms with Crippen molar-refractivity contribution in [1.82, 2.24) is 4.90 Å². The molecule has 1 N–H and O–H groups in total. The van der Waals surface area contributed by atoms with Crippen molar-refractivity contribution in [2.45, 2.75) is 19.8 Å². The molecule has 0 aromatic heterocycles. The number of hydrogen-bond donors (Lipinski definition) is 1. The number of aliphatic carboxylic acids is 1. The summed E-state index contributed by atoms with van der Waals surface area (Å²) in [5, 5.41) is 8.67. The lowest BCUT2D eigenvalue weighted by Gasteiger charge is -2.45. The van der Waals surface area contributed by atoms with Gasteiger partial charge in [-0.3, -0.25) is 9.59 Å². The Morgan fingerprint density at radius 1 is 1.43 bits per heavy atom. The van der Waals surface area contributed by atoms with E-state index in [1.807, 2.05) is 0 Å². The van der Waals surface area contributed by atoms with E-state index in [0.717, 1.165) is 4.90 Å². The van der Waals surface area contributed by atoms with Crippen LogP contribution in [0.2, 0.25) is 0 Å². The average molecular weight is 207 g/mol. The molecule has 1 aliphatic rings. The summed E-state index contributed by atoms with van der Waals surface area (Å²) in [4.78, 5) is 22.4. The number of rotatable bonds is 2. The first-order chi connectivity index (χ1) is 6.17. The SMILES string of the molecule is CC(F)(F)C(=O)N1CC(C)(C(=O)O)C1. The molecule has 14 heavy (non-hydrogen) atoms. The maximum Gasteiger partial charge on any atom is 0.322 e. The zero-order valence-corrected chi connectivity index (χ0v) is 7.88. The van der Waals surface area contributed by atoms with Gasteiger partial charge in [0.15, 0.2) is 0 Å². The van der Waals surface area contributed by atoms with Gasteiger partial charge in [-0.05, 0) is 6.92 Å². The molecule has 1 saturated heterocycles. The molecule has 0 bridgehead atoms. The van der Waals surface area contributed by atoms with E-state index in [1.54, 1.807) is 0 Å². The molecule has 1 rings (SSSR count). The van der Waals surface area contributed by atoms with Crippen LogP contribution in [0.3, 0.4) is 0 Å². The smallest absolute Gasteiger partial charge is 0.322 e. The van der Waals surface area contributed by atoms with Gasteiger partial charge < -0.3 is 10.0 Å². The van der Waals surface area contributed by atoms with Crippen molar-refractivity contribution in [3.8, 4) is 0 Å². The van der Waals surface area contributed by atoms with Crippen LogP contribution in [-0.4, -0.2) is 40.9 Å². The Labute approximate surface area is 79.5 Å². The summed E-state index contributed by atoms with van der Waals surface area (Å²) in [6, 6.07) is 0. The summed E-state index contributed by atoms with van der Waals surface area (Å²) in [5.41, 5.74) is -1.07. The summed E-state index contributed by atoms with van der Waals surface area (Å²) in [6.45, 7) is 1.63. The van der Waals surface area contributed by atoms with E-state index in [2.05, 4.69) is 0 Å². The Morgan fingerprint density at radius 2 is 1.86 bits per heavy atom. The highest BCUT2D eigenvalue weighted by atomic mass is 19.3. The predicted octanol–water partition coefficient (Wildman–Crippen LogP) is 0.575. The fourth-order valence-electron chi connectivity index (χ4n) is 1.35. The van der Waals surface area contributed by atoms with E-state index in [1.165, 1.54) is 6.92 Å². The molecule has 1 fully saturated rings. The van der Waals surface area contributed by atoms with Crippen LogP contribution in [0.5, 0.6) is 0 Å². The second-order valence-corrected chi connectivity index (χ2v) is 3.92. The van der Waals surface area contributed by atoms with E-state index in [-0.39, 0.29) is 13.1 Å². The third kappa shape index (κ3) is 1.69. The van der Waals surface area contributed by atoms with E-state index in [0.29, 0.717) is 6.92 Å². The van der Waals surface area contributed by atoms with Crippen molar-refractivity contribution >= 4 is 11.9 Å². The number of halogens is 2. The van der Waals surface area contributed by atoms with Crippen molar-refractivity contribution in [3.05, 3.63) is 0 Å². The van der Waals surface area contributed by atoms with Gasteiger partial charge in [-0.2, -0.15) is 8.78 Å². The molecule has 0 spiro atoms. The first-order valence-corrected chi connectivity index (χ1v) is 4.07. The van der Waals surface area contributed by atoms with Gasteiger partial charge in [-0.15, -0.1) is 0 Å². The third-order valence-corrected chi connectivity index (χ3v) is 2.26. The molecular weight excluding hydrogens is 196 g/mol. The molecule has 0 radical (unpaired) electrons. The highest BCUT2D eigenvalue weighted by Crippen LogP contribution is 2.32. The highest BCUT2D eigenvalue weighted by Gasteiger charge is 2.51. The number of amides is 1. The number of carboxylic acids is 1. The lowest BCUT2D eigenvalue weighted by atomic mass is 9.82. The summed E-state index contributed by atoms with van der Waals surface area (Å²) >= 11 is 0. The third-order valence-electron chi connectivity index (χ3n) is 2.26. The van der Waals surface area contributed by atoms with E-state index >= 15 is 0 Å². The number of hydrogen-bond acceptors (Lipinski definition) is 2. The number of likely N-dealkylation sites (tertiary alicyclic amines) is 1. The van der Waals surface area contributed by atoms with Gasteiger partial charge in [0.05, 0.1) is 0 Å². The van der Waals surface area contributed by atoms with Crippen LogP contribution in [0.15, 0.2) is 0 Å². The summed E-state index contributed by atoms with van der Waals surface area (Å²) in [5.74, 6) is -5.79. The van der Waals surface area contributed by atoms with Crippen LogP contribution in [0, 0.1) is 5.41 Å². The van der Waals surface area contributed by atoms with Crippen molar-refractivity contribution in [1.29, 1.82) is 0 Å². The minimum atomic E-state index is -3.42. The van der Waals surface area contributed by atoms with Gasteiger partial charge >= 0.3 is 11.9 Å². The topological polar surface area (TPSA) is 57.6 Å². The number of alkyl halides is 2. The number of carboxylic acid groups (broad SMARTS) is 1. The minimum Gasteiger partial charge on any atom is -0.481 e. The summed E-state index contributed by atoms with van der Waals surface area (Å²) in [6.07, 6.45) is 0. The zero-order valence-electron chi connectivity index (χ0n) is 7.88.